The standard InChI is InChI=1S/C16H19BrN4O2/c1-3-20(4-2)15(22)10-18-16(23)12-9-19-21(11-12)14-7-5-13(17)6-8-14/h5-9,11H,3-4,10H2,1-2H3,(H,18,23). The minimum atomic E-state index is -0.311. The van der Waals surface area contributed by atoms with E-state index in [1.165, 1.54) is 6.20 Å². The largest absolute Gasteiger partial charge is 0.343 e. The number of hydrogen-bond donors (Lipinski definition) is 1. The van der Waals surface area contributed by atoms with Crippen molar-refractivity contribution in [3.8, 4) is 5.69 Å². The second-order valence-corrected chi connectivity index (χ2v) is 5.81. The highest BCUT2D eigenvalue weighted by Gasteiger charge is 2.13. The van der Waals surface area contributed by atoms with Crippen LogP contribution in [0.4, 0.5) is 0 Å². The first-order valence-electron chi connectivity index (χ1n) is 7.41. The van der Waals surface area contributed by atoms with Gasteiger partial charge in [-0.2, -0.15) is 5.10 Å². The van der Waals surface area contributed by atoms with E-state index >= 15 is 0 Å². The van der Waals surface area contributed by atoms with Crippen molar-refractivity contribution in [2.75, 3.05) is 19.6 Å². The van der Waals surface area contributed by atoms with Crippen molar-refractivity contribution in [2.24, 2.45) is 0 Å². The molecular weight excluding hydrogens is 360 g/mol. The zero-order chi connectivity index (χ0) is 16.8. The molecule has 0 fully saturated rings. The first-order valence-corrected chi connectivity index (χ1v) is 8.21. The van der Waals surface area contributed by atoms with Crippen LogP contribution in [0.2, 0.25) is 0 Å². The summed E-state index contributed by atoms with van der Waals surface area (Å²) in [6.45, 7) is 5.07. The van der Waals surface area contributed by atoms with Gasteiger partial charge in [0.15, 0.2) is 0 Å². The number of carbonyl (C=O) groups excluding carboxylic acids is 2. The van der Waals surface area contributed by atoms with Crippen LogP contribution in [-0.4, -0.2) is 46.1 Å². The van der Waals surface area contributed by atoms with E-state index in [-0.39, 0.29) is 18.4 Å². The van der Waals surface area contributed by atoms with Gasteiger partial charge in [-0.25, -0.2) is 4.68 Å². The Hall–Kier alpha value is -2.15. The third-order valence-corrected chi connectivity index (χ3v) is 3.98. The molecule has 0 saturated heterocycles. The Kier molecular flexibility index (Phi) is 5.92. The zero-order valence-corrected chi connectivity index (χ0v) is 14.7. The summed E-state index contributed by atoms with van der Waals surface area (Å²) < 4.78 is 2.59. The van der Waals surface area contributed by atoms with Gasteiger partial charge in [-0.15, -0.1) is 0 Å². The van der Waals surface area contributed by atoms with E-state index in [9.17, 15) is 9.59 Å². The zero-order valence-electron chi connectivity index (χ0n) is 13.1. The highest BCUT2D eigenvalue weighted by Crippen LogP contribution is 2.14. The Morgan fingerprint density at radius 2 is 1.87 bits per heavy atom. The SMILES string of the molecule is CCN(CC)C(=O)CNC(=O)c1cnn(-c2ccc(Br)cc2)c1. The van der Waals surface area contributed by atoms with Gasteiger partial charge in [-0.05, 0) is 38.1 Å². The molecule has 23 heavy (non-hydrogen) atoms. The smallest absolute Gasteiger partial charge is 0.254 e. The average Bonchev–Trinajstić information content (AvgIpc) is 3.04. The molecule has 1 aromatic heterocycles. The van der Waals surface area contributed by atoms with Gasteiger partial charge in [0.1, 0.15) is 0 Å². The number of likely N-dealkylation sites (N-methyl/N-ethyl adjacent to an activating group) is 1. The van der Waals surface area contributed by atoms with Gasteiger partial charge in [-0.3, -0.25) is 9.59 Å². The van der Waals surface area contributed by atoms with Gasteiger partial charge in [-0.1, -0.05) is 15.9 Å². The number of benzene rings is 1. The molecule has 0 aliphatic carbocycles. The van der Waals surface area contributed by atoms with Crippen LogP contribution in [-0.2, 0) is 4.79 Å². The molecule has 2 rings (SSSR count). The Balaban J connectivity index is 1.98. The molecule has 0 aliphatic heterocycles. The maximum absolute atomic E-state index is 12.1. The predicted molar refractivity (Wildman–Crippen MR) is 91.5 cm³/mol. The van der Waals surface area contributed by atoms with Crippen molar-refractivity contribution in [3.05, 3.63) is 46.7 Å². The maximum atomic E-state index is 12.1. The summed E-state index contributed by atoms with van der Waals surface area (Å²) >= 11 is 3.37. The molecule has 0 unspecified atom stereocenters. The first-order chi connectivity index (χ1) is 11.0. The quantitative estimate of drug-likeness (QED) is 0.837. The molecule has 0 atom stereocenters. The number of aromatic nitrogens is 2. The van der Waals surface area contributed by atoms with Gasteiger partial charge in [0.2, 0.25) is 5.91 Å². The topological polar surface area (TPSA) is 67.2 Å². The summed E-state index contributed by atoms with van der Waals surface area (Å²) in [6.07, 6.45) is 3.12. The minimum Gasteiger partial charge on any atom is -0.343 e. The number of halogens is 1. The summed E-state index contributed by atoms with van der Waals surface area (Å²) in [5.74, 6) is -0.405. The van der Waals surface area contributed by atoms with Crippen molar-refractivity contribution in [3.63, 3.8) is 0 Å². The average molecular weight is 379 g/mol. The van der Waals surface area contributed by atoms with Crippen LogP contribution < -0.4 is 5.32 Å². The van der Waals surface area contributed by atoms with Crippen LogP contribution in [0, 0.1) is 0 Å². The molecule has 0 aliphatic rings. The number of carbonyl (C=O) groups is 2. The normalized spacial score (nSPS) is 10.4. The Morgan fingerprint density at radius 1 is 1.22 bits per heavy atom. The third kappa shape index (κ3) is 4.41. The number of nitrogens with one attached hydrogen (secondary N) is 1. The fourth-order valence-electron chi connectivity index (χ4n) is 2.12. The molecule has 0 radical (unpaired) electrons. The van der Waals surface area contributed by atoms with Gasteiger partial charge in [0.25, 0.3) is 5.91 Å². The van der Waals surface area contributed by atoms with E-state index in [2.05, 4.69) is 26.3 Å². The number of nitrogens with zero attached hydrogens (tertiary/aromatic N) is 3. The van der Waals surface area contributed by atoms with Crippen molar-refractivity contribution in [1.29, 1.82) is 0 Å². The van der Waals surface area contributed by atoms with Crippen LogP contribution in [0.5, 0.6) is 0 Å². The molecule has 122 valence electrons. The van der Waals surface area contributed by atoms with Crippen LogP contribution in [0.3, 0.4) is 0 Å². The summed E-state index contributed by atoms with van der Waals surface area (Å²) in [5.41, 5.74) is 1.27. The lowest BCUT2D eigenvalue weighted by atomic mass is 10.3. The van der Waals surface area contributed by atoms with E-state index in [1.54, 1.807) is 15.8 Å². The Bertz CT molecular complexity index is 678. The van der Waals surface area contributed by atoms with Gasteiger partial charge >= 0.3 is 0 Å². The minimum absolute atomic E-state index is 0.00994. The highest BCUT2D eigenvalue weighted by molar-refractivity contribution is 9.10. The van der Waals surface area contributed by atoms with Crippen LogP contribution in [0.25, 0.3) is 5.69 Å². The predicted octanol–water partition coefficient (Wildman–Crippen LogP) is 2.23. The molecule has 7 heteroatoms. The Labute approximate surface area is 143 Å². The van der Waals surface area contributed by atoms with Gasteiger partial charge in [0, 0.05) is 23.8 Å². The fraction of sp³-hybridized carbons (Fsp3) is 0.312. The number of amides is 2. The van der Waals surface area contributed by atoms with Crippen molar-refractivity contribution in [2.45, 2.75) is 13.8 Å². The lowest BCUT2D eigenvalue weighted by molar-refractivity contribution is -0.129. The lowest BCUT2D eigenvalue weighted by Crippen LogP contribution is -2.39. The van der Waals surface area contributed by atoms with Crippen LogP contribution in [0.1, 0.15) is 24.2 Å². The molecule has 6 nitrogen and oxygen atoms in total. The molecule has 0 bridgehead atoms. The lowest BCUT2D eigenvalue weighted by Gasteiger charge is -2.18. The number of rotatable bonds is 6. The summed E-state index contributed by atoms with van der Waals surface area (Å²) in [7, 11) is 0. The second kappa shape index (κ2) is 7.92. The highest BCUT2D eigenvalue weighted by atomic mass is 79.9. The van der Waals surface area contributed by atoms with Crippen molar-refractivity contribution in [1.82, 2.24) is 20.0 Å². The molecule has 0 spiro atoms. The first kappa shape index (κ1) is 17.2. The molecular formula is C16H19BrN4O2. The van der Waals surface area contributed by atoms with E-state index in [4.69, 9.17) is 0 Å². The second-order valence-electron chi connectivity index (χ2n) is 4.90. The molecule has 1 aromatic carbocycles. The van der Waals surface area contributed by atoms with Crippen LogP contribution in [0.15, 0.2) is 41.1 Å². The summed E-state index contributed by atoms with van der Waals surface area (Å²) in [6, 6.07) is 7.59. The molecule has 1 heterocycles. The summed E-state index contributed by atoms with van der Waals surface area (Å²) in [4.78, 5) is 25.7. The van der Waals surface area contributed by atoms with E-state index in [1.807, 2.05) is 38.1 Å². The van der Waals surface area contributed by atoms with E-state index < -0.39 is 0 Å². The van der Waals surface area contributed by atoms with E-state index in [0.29, 0.717) is 18.7 Å². The molecule has 2 amide bonds. The van der Waals surface area contributed by atoms with Crippen LogP contribution >= 0.6 is 15.9 Å². The molecule has 2 aromatic rings. The fourth-order valence-corrected chi connectivity index (χ4v) is 2.39. The monoisotopic (exact) mass is 378 g/mol. The molecule has 1 N–H and O–H groups in total. The van der Waals surface area contributed by atoms with Gasteiger partial charge in [0.05, 0.1) is 24.0 Å². The van der Waals surface area contributed by atoms with Crippen molar-refractivity contribution >= 4 is 27.7 Å². The third-order valence-electron chi connectivity index (χ3n) is 3.45. The number of hydrogen-bond acceptors (Lipinski definition) is 3. The molecule has 0 saturated carbocycles. The van der Waals surface area contributed by atoms with Crippen molar-refractivity contribution < 1.29 is 9.59 Å². The maximum Gasteiger partial charge on any atom is 0.254 e. The van der Waals surface area contributed by atoms with E-state index in [0.717, 1.165) is 10.2 Å². The van der Waals surface area contributed by atoms with Gasteiger partial charge < -0.3 is 10.2 Å². The Morgan fingerprint density at radius 3 is 2.48 bits per heavy atom. The summed E-state index contributed by atoms with van der Waals surface area (Å²) in [5, 5.41) is 6.81.